The molecule has 1 aromatic heterocycles. The van der Waals surface area contributed by atoms with Crippen LogP contribution in [0.5, 0.6) is 0 Å². The van der Waals surface area contributed by atoms with E-state index in [1.165, 1.54) is 16.7 Å². The van der Waals surface area contributed by atoms with Crippen molar-refractivity contribution in [3.63, 3.8) is 0 Å². The average molecular weight is 203 g/mol. The lowest BCUT2D eigenvalue weighted by Crippen LogP contribution is -2.16. The van der Waals surface area contributed by atoms with E-state index in [4.69, 9.17) is 0 Å². The fourth-order valence-electron chi connectivity index (χ4n) is 1.50. The molecule has 0 amide bonds. The molecule has 15 heavy (non-hydrogen) atoms. The van der Waals surface area contributed by atoms with Gasteiger partial charge >= 0.3 is 0 Å². The summed E-state index contributed by atoms with van der Waals surface area (Å²) in [4.78, 5) is 11.4. The second-order valence-corrected chi connectivity index (χ2v) is 3.29. The quantitative estimate of drug-likeness (QED) is 0.696. The second-order valence-electron chi connectivity index (χ2n) is 3.29. The summed E-state index contributed by atoms with van der Waals surface area (Å²) in [6.45, 7) is 0. The summed E-state index contributed by atoms with van der Waals surface area (Å²) < 4.78 is 14.9. The zero-order valence-corrected chi connectivity index (χ0v) is 8.27. The van der Waals surface area contributed by atoms with Gasteiger partial charge in [-0.2, -0.15) is 0 Å². The molecule has 2 nitrogen and oxygen atoms in total. The van der Waals surface area contributed by atoms with Gasteiger partial charge in [-0.25, -0.2) is 4.39 Å². The minimum Gasteiger partial charge on any atom is -0.311 e. The van der Waals surface area contributed by atoms with Gasteiger partial charge < -0.3 is 4.57 Å². The molecule has 0 spiro atoms. The Hall–Kier alpha value is -1.90. The Bertz CT molecular complexity index is 545. The molecule has 1 aromatic carbocycles. The monoisotopic (exact) mass is 203 g/mol. The Morgan fingerprint density at radius 3 is 2.53 bits per heavy atom. The Balaban J connectivity index is 2.70. The van der Waals surface area contributed by atoms with E-state index in [0.29, 0.717) is 11.3 Å². The molecular formula is C12H10FNO. The molecule has 2 rings (SSSR count). The van der Waals surface area contributed by atoms with Crippen molar-refractivity contribution in [2.45, 2.75) is 0 Å². The van der Waals surface area contributed by atoms with Crippen LogP contribution < -0.4 is 5.56 Å². The molecule has 0 saturated heterocycles. The Morgan fingerprint density at radius 1 is 1.07 bits per heavy atom. The first-order valence-electron chi connectivity index (χ1n) is 4.61. The maximum absolute atomic E-state index is 13.5. The van der Waals surface area contributed by atoms with Crippen LogP contribution in [0.3, 0.4) is 0 Å². The van der Waals surface area contributed by atoms with Crippen LogP contribution in [-0.2, 0) is 7.05 Å². The van der Waals surface area contributed by atoms with Gasteiger partial charge in [-0.3, -0.25) is 4.79 Å². The molecule has 0 radical (unpaired) electrons. The van der Waals surface area contributed by atoms with Crippen molar-refractivity contribution in [1.29, 1.82) is 0 Å². The third-order valence-corrected chi connectivity index (χ3v) is 2.33. The first-order chi connectivity index (χ1) is 7.20. The van der Waals surface area contributed by atoms with E-state index in [1.807, 2.05) is 0 Å². The Kier molecular flexibility index (Phi) is 2.37. The number of aromatic nitrogens is 1. The van der Waals surface area contributed by atoms with Crippen molar-refractivity contribution in [3.8, 4) is 11.3 Å². The molecule has 0 aliphatic heterocycles. The van der Waals surface area contributed by atoms with Crippen molar-refractivity contribution in [2.24, 2.45) is 7.05 Å². The summed E-state index contributed by atoms with van der Waals surface area (Å²) >= 11 is 0. The van der Waals surface area contributed by atoms with E-state index in [2.05, 4.69) is 0 Å². The highest BCUT2D eigenvalue weighted by Gasteiger charge is 2.06. The highest BCUT2D eigenvalue weighted by molar-refractivity contribution is 5.60. The standard InChI is InChI=1S/C12H10FNO/c1-14-11(7-4-8-12(14)15)9-5-2-3-6-10(9)13/h2-8H,1H3. The summed E-state index contributed by atoms with van der Waals surface area (Å²) in [7, 11) is 1.63. The Morgan fingerprint density at radius 2 is 1.80 bits per heavy atom. The summed E-state index contributed by atoms with van der Waals surface area (Å²) in [6.07, 6.45) is 0. The maximum atomic E-state index is 13.5. The van der Waals surface area contributed by atoms with Crippen molar-refractivity contribution >= 4 is 0 Å². The van der Waals surface area contributed by atoms with Gasteiger partial charge in [-0.15, -0.1) is 0 Å². The fraction of sp³-hybridized carbons (Fsp3) is 0.0833. The van der Waals surface area contributed by atoms with E-state index in [1.54, 1.807) is 37.4 Å². The largest absolute Gasteiger partial charge is 0.311 e. The number of hydrogen-bond acceptors (Lipinski definition) is 1. The molecular weight excluding hydrogens is 193 g/mol. The van der Waals surface area contributed by atoms with E-state index < -0.39 is 0 Å². The normalized spacial score (nSPS) is 10.3. The number of hydrogen-bond donors (Lipinski definition) is 0. The number of pyridine rings is 1. The highest BCUT2D eigenvalue weighted by Crippen LogP contribution is 2.20. The molecule has 0 aliphatic carbocycles. The average Bonchev–Trinajstić information content (AvgIpc) is 2.23. The zero-order valence-electron chi connectivity index (χ0n) is 8.27. The van der Waals surface area contributed by atoms with Crippen LogP contribution >= 0.6 is 0 Å². The number of rotatable bonds is 1. The van der Waals surface area contributed by atoms with Crippen LogP contribution in [0.2, 0.25) is 0 Å². The smallest absolute Gasteiger partial charge is 0.250 e. The minimum atomic E-state index is -0.321. The van der Waals surface area contributed by atoms with Crippen LogP contribution in [0.4, 0.5) is 4.39 Å². The predicted octanol–water partition coefficient (Wildman–Crippen LogP) is 2.19. The molecule has 0 atom stereocenters. The van der Waals surface area contributed by atoms with Gasteiger partial charge in [0.25, 0.3) is 5.56 Å². The second kappa shape index (κ2) is 3.69. The minimum absolute atomic E-state index is 0.143. The summed E-state index contributed by atoms with van der Waals surface area (Å²) in [6, 6.07) is 11.2. The SMILES string of the molecule is Cn1c(-c2ccccc2F)cccc1=O. The topological polar surface area (TPSA) is 22.0 Å². The molecule has 0 N–H and O–H groups in total. The lowest BCUT2D eigenvalue weighted by Gasteiger charge is -2.07. The molecule has 2 aromatic rings. The van der Waals surface area contributed by atoms with Gasteiger partial charge in [0, 0.05) is 18.7 Å². The van der Waals surface area contributed by atoms with Gasteiger partial charge in [-0.05, 0) is 18.2 Å². The third kappa shape index (κ3) is 1.68. The Labute approximate surface area is 86.6 Å². The van der Waals surface area contributed by atoms with Crippen molar-refractivity contribution in [3.05, 3.63) is 58.6 Å². The van der Waals surface area contributed by atoms with Gasteiger partial charge in [0.05, 0.1) is 5.69 Å². The van der Waals surface area contributed by atoms with Gasteiger partial charge in [-0.1, -0.05) is 18.2 Å². The van der Waals surface area contributed by atoms with Crippen LogP contribution in [0.25, 0.3) is 11.3 Å². The number of halogens is 1. The predicted molar refractivity (Wildman–Crippen MR) is 57.1 cm³/mol. The molecule has 3 heteroatoms. The molecule has 0 saturated carbocycles. The van der Waals surface area contributed by atoms with Gasteiger partial charge in [0.2, 0.25) is 0 Å². The van der Waals surface area contributed by atoms with Crippen molar-refractivity contribution < 1.29 is 4.39 Å². The van der Waals surface area contributed by atoms with E-state index >= 15 is 0 Å². The van der Waals surface area contributed by atoms with Crippen LogP contribution in [0, 0.1) is 5.82 Å². The molecule has 0 fully saturated rings. The van der Waals surface area contributed by atoms with Crippen molar-refractivity contribution in [1.82, 2.24) is 4.57 Å². The molecule has 0 bridgehead atoms. The molecule has 0 aliphatic rings. The lowest BCUT2D eigenvalue weighted by molar-refractivity contribution is 0.629. The van der Waals surface area contributed by atoms with Gasteiger partial charge in [0.15, 0.2) is 0 Å². The highest BCUT2D eigenvalue weighted by atomic mass is 19.1. The van der Waals surface area contributed by atoms with E-state index in [0.717, 1.165) is 0 Å². The van der Waals surface area contributed by atoms with Crippen LogP contribution in [-0.4, -0.2) is 4.57 Å². The fourth-order valence-corrected chi connectivity index (χ4v) is 1.50. The van der Waals surface area contributed by atoms with Crippen LogP contribution in [0.1, 0.15) is 0 Å². The zero-order chi connectivity index (χ0) is 10.8. The lowest BCUT2D eigenvalue weighted by atomic mass is 10.1. The third-order valence-electron chi connectivity index (χ3n) is 2.33. The summed E-state index contributed by atoms with van der Waals surface area (Å²) in [5.74, 6) is -0.321. The molecule has 76 valence electrons. The molecule has 1 heterocycles. The maximum Gasteiger partial charge on any atom is 0.250 e. The van der Waals surface area contributed by atoms with Crippen molar-refractivity contribution in [2.75, 3.05) is 0 Å². The van der Waals surface area contributed by atoms with Crippen LogP contribution in [0.15, 0.2) is 47.3 Å². The first kappa shape index (κ1) is 9.65. The van der Waals surface area contributed by atoms with Gasteiger partial charge in [0.1, 0.15) is 5.82 Å². The number of benzene rings is 1. The summed E-state index contributed by atoms with van der Waals surface area (Å²) in [5, 5.41) is 0. The summed E-state index contributed by atoms with van der Waals surface area (Å²) in [5.41, 5.74) is 0.883. The first-order valence-corrected chi connectivity index (χ1v) is 4.61. The van der Waals surface area contributed by atoms with E-state index in [9.17, 15) is 9.18 Å². The molecule has 0 unspecified atom stereocenters. The van der Waals surface area contributed by atoms with E-state index in [-0.39, 0.29) is 11.4 Å². The number of nitrogens with zero attached hydrogens (tertiary/aromatic N) is 1.